The van der Waals surface area contributed by atoms with E-state index in [4.69, 9.17) is 24.5 Å². The molecular formula is C104H115ClN12O11S4. The number of hydrogen-bond donors (Lipinski definition) is 8. The lowest BCUT2D eigenvalue weighted by molar-refractivity contribution is 0.00834. The van der Waals surface area contributed by atoms with Gasteiger partial charge in [0, 0.05) is 154 Å². The summed E-state index contributed by atoms with van der Waals surface area (Å²) in [5, 5.41) is 33.3. The van der Waals surface area contributed by atoms with E-state index in [0.717, 1.165) is 132 Å². The molecule has 1 saturated carbocycles. The zero-order chi connectivity index (χ0) is 92.3. The number of carbonyl (C=O) groups is 5. The van der Waals surface area contributed by atoms with Crippen LogP contribution in [0.1, 0.15) is 149 Å². The smallest absolute Gasteiger partial charge is 0.410 e. The molecule has 23 nitrogen and oxygen atoms in total. The average Bonchev–Trinajstić information content (AvgIpc) is 0.824. The van der Waals surface area contributed by atoms with Crippen LogP contribution in [0.3, 0.4) is 0 Å². The zero-order valence-electron chi connectivity index (χ0n) is 75.3. The summed E-state index contributed by atoms with van der Waals surface area (Å²) in [6, 6.07) is 81.9. The maximum absolute atomic E-state index is 12.9. The highest BCUT2D eigenvalue weighted by atomic mass is 35.5. The number of para-hydroxylation sites is 3. The largest absolute Gasteiger partial charge is 0.478 e. The molecule has 28 heteroatoms. The Morgan fingerprint density at radius 2 is 0.811 bits per heavy atom. The number of ether oxygens (including phenoxy) is 2. The van der Waals surface area contributed by atoms with E-state index in [9.17, 15) is 32.4 Å². The molecule has 3 atom stereocenters. The minimum atomic E-state index is -3.84. The van der Waals surface area contributed by atoms with Gasteiger partial charge >= 0.3 is 18.2 Å². The van der Waals surface area contributed by atoms with Crippen LogP contribution in [0.25, 0.3) is 32.7 Å². The van der Waals surface area contributed by atoms with Crippen molar-refractivity contribution < 1.29 is 51.2 Å². The zero-order valence-corrected chi connectivity index (χ0v) is 79.4. The molecule has 132 heavy (non-hydrogen) atoms. The summed E-state index contributed by atoms with van der Waals surface area (Å²) in [5.74, 6) is -1.21. The van der Waals surface area contributed by atoms with Gasteiger partial charge < -0.3 is 62.0 Å². The van der Waals surface area contributed by atoms with Gasteiger partial charge in [0.25, 0.3) is 21.9 Å². The first-order valence-electron chi connectivity index (χ1n) is 44.3. The van der Waals surface area contributed by atoms with Gasteiger partial charge in [0.2, 0.25) is 0 Å². The molecule has 4 fully saturated rings. The van der Waals surface area contributed by atoms with E-state index in [2.05, 4.69) is 71.1 Å². The summed E-state index contributed by atoms with van der Waals surface area (Å²) in [7, 11) is -3.84. The van der Waals surface area contributed by atoms with Crippen molar-refractivity contribution in [3.63, 3.8) is 0 Å². The predicted molar refractivity (Wildman–Crippen MR) is 540 cm³/mol. The molecule has 0 radical (unpaired) electrons. The number of anilines is 9. The number of hydrogen-bond acceptors (Lipinski definition) is 21. The Bertz CT molecular complexity index is 6070. The number of rotatable bonds is 20. The molecule has 4 amide bonds. The topological polar surface area (TPSA) is 311 Å². The van der Waals surface area contributed by atoms with Crippen LogP contribution >= 0.6 is 47.7 Å². The standard InChI is InChI=1S/C32H34N4O3S.C27H26N4OS.C17H25NO5S.C16H12N2O2.C12H17NS.ClH/c1-32(2,3)39-31(38)36-20-6-7-26(21-36)40-25-16-14-24(15-17-25)35-30(37)22-10-12-23(13-11-22)34-29-18-19-33-28-9-5-4-8-27(28)29;32-27(31-21-11-13-22(14-12-21)33-23-4-3-16-28-18-23)19-7-9-20(10-8-19)30-26-15-17-29-25-6-2-1-5-24(25)26;1-13-7-9-15(10-8-13)24(20,21)23-14-6-5-11-18(12-14)16(19)22-17(2,3)4;19-16(20)11-5-7-12(8-6-11)18-15-9-10-17-14-4-2-1-3-13(14)15;13-10-6-8-12(9-7-10)14-11-4-2-1-3-5-11;/h4-5,8-19,26H,6-7,20-21H2,1-3H3,(H,33,34)(H,35,37);1-2,5-15,17,23,28H,3-4,16,18H2,(H,29,30)(H,31,32);7-10,14H,5-6,11-12H2,1-4H3;1-10H,(H,17,18)(H,19,20);6-9,11H,1-5,13H2;1H. The average molecular weight is 1870 g/mol. The van der Waals surface area contributed by atoms with Crippen LogP contribution in [0.4, 0.5) is 60.8 Å². The second-order valence-corrected chi connectivity index (χ2v) is 40.1. The summed E-state index contributed by atoms with van der Waals surface area (Å²) >= 11 is 5.68. The van der Waals surface area contributed by atoms with E-state index in [-0.39, 0.29) is 47.3 Å². The summed E-state index contributed by atoms with van der Waals surface area (Å²) in [6.45, 7) is 17.3. The number of piperidine rings is 3. The summed E-state index contributed by atoms with van der Waals surface area (Å²) < 4.78 is 40.9. The number of carbonyl (C=O) groups excluding carboxylic acids is 4. The number of amides is 4. The molecule has 4 aliphatic rings. The second kappa shape index (κ2) is 47.7. The number of fused-ring (bicyclic) bond motifs is 3. The number of likely N-dealkylation sites (tertiary alicyclic amines) is 2. The summed E-state index contributed by atoms with van der Waals surface area (Å²) in [4.78, 5) is 81.2. The van der Waals surface area contributed by atoms with Crippen LogP contribution in [0.2, 0.25) is 0 Å². The number of aromatic nitrogens is 3. The van der Waals surface area contributed by atoms with E-state index < -0.39 is 39.5 Å². The van der Waals surface area contributed by atoms with Crippen molar-refractivity contribution >= 4 is 172 Å². The van der Waals surface area contributed by atoms with Crippen molar-refractivity contribution in [2.24, 2.45) is 0 Å². The van der Waals surface area contributed by atoms with Gasteiger partial charge in [0.1, 0.15) is 11.2 Å². The molecule has 3 aromatic heterocycles. The van der Waals surface area contributed by atoms with Crippen LogP contribution < -0.4 is 37.6 Å². The molecule has 3 aliphatic heterocycles. The van der Waals surface area contributed by atoms with Crippen molar-refractivity contribution in [2.75, 3.05) is 71.6 Å². The Labute approximate surface area is 792 Å². The first-order chi connectivity index (χ1) is 63.1. The van der Waals surface area contributed by atoms with E-state index >= 15 is 0 Å². The first kappa shape index (κ1) is 98.8. The Morgan fingerprint density at radius 1 is 0.432 bits per heavy atom. The maximum Gasteiger partial charge on any atom is 0.410 e. The number of nitrogens with zero attached hydrogens (tertiary/aromatic N) is 5. The van der Waals surface area contributed by atoms with E-state index in [1.165, 1.54) is 71.8 Å². The number of nitrogens with two attached hydrogens (primary N) is 1. The summed E-state index contributed by atoms with van der Waals surface area (Å²) in [6.07, 6.45) is 16.8. The Hall–Kier alpha value is -12.2. The molecule has 9 N–H and O–H groups in total. The lowest BCUT2D eigenvalue weighted by Gasteiger charge is -2.33. The van der Waals surface area contributed by atoms with Gasteiger partial charge in [-0.05, 0) is 301 Å². The van der Waals surface area contributed by atoms with E-state index in [0.29, 0.717) is 47.6 Å². The molecule has 3 saturated heterocycles. The third-order valence-corrected chi connectivity index (χ3v) is 26.9. The molecule has 3 unspecified atom stereocenters. The Balaban J connectivity index is 0.000000155. The van der Waals surface area contributed by atoms with Crippen molar-refractivity contribution in [2.45, 2.75) is 172 Å². The molecule has 13 aromatic rings. The predicted octanol–water partition coefficient (Wildman–Crippen LogP) is 24.7. The fourth-order valence-electron chi connectivity index (χ4n) is 15.0. The first-order valence-corrected chi connectivity index (χ1v) is 48.4. The minimum absolute atomic E-state index is 0. The fourth-order valence-corrected chi connectivity index (χ4v) is 19.8. The second-order valence-electron chi connectivity index (χ2n) is 34.4. The SMILES string of the molecule is CC(C)(C)OC(=O)N1CCCC(Sc2ccc(NC(=O)c3ccc(Nc4ccnc5ccccc45)cc3)cc2)C1.Cc1ccc(S(=O)(=O)OC2CCCN(C(=O)OC(C)(C)C)C2)cc1.Cl.Nc1ccc(SC2CCCCC2)cc1.O=C(Nc1ccc(SC2CCCNC2)cc1)c1ccc(Nc2ccnc3ccccc23)cc1.O=C(O)c1ccc(Nc2ccnc3ccccc23)cc1. The van der Waals surface area contributed by atoms with Crippen LogP contribution in [0.15, 0.2) is 299 Å². The normalized spacial score (nSPS) is 15.6. The maximum atomic E-state index is 12.9. The molecule has 6 heterocycles. The number of benzene rings is 10. The number of pyridine rings is 3. The quantitative estimate of drug-likeness (QED) is 0.0260. The van der Waals surface area contributed by atoms with Crippen LogP contribution in [0.5, 0.6) is 0 Å². The number of halogens is 1. The van der Waals surface area contributed by atoms with Gasteiger partial charge in [-0.15, -0.1) is 47.7 Å². The number of nitrogens with one attached hydrogen (secondary N) is 6. The number of aromatic carboxylic acids is 1. The van der Waals surface area contributed by atoms with Crippen LogP contribution in [0, 0.1) is 6.92 Å². The van der Waals surface area contributed by atoms with Crippen molar-refractivity contribution in [3.05, 3.63) is 302 Å². The number of aryl methyl sites for hydroxylation is 1. The number of carboxylic acids is 1. The number of thioether (sulfide) groups is 3. The molecule has 17 rings (SSSR count). The lowest BCUT2D eigenvalue weighted by Crippen LogP contribution is -2.45. The molecule has 1 aliphatic carbocycles. The van der Waals surface area contributed by atoms with Gasteiger partial charge in [-0.1, -0.05) is 91.6 Å². The van der Waals surface area contributed by atoms with Gasteiger partial charge in [-0.2, -0.15) is 8.42 Å². The highest BCUT2D eigenvalue weighted by Crippen LogP contribution is 2.37. The molecule has 688 valence electrons. The van der Waals surface area contributed by atoms with E-state index in [1.807, 2.05) is 239 Å². The number of carboxylic acid groups (broad SMARTS) is 1. The van der Waals surface area contributed by atoms with Crippen molar-refractivity contribution in [1.29, 1.82) is 0 Å². The Morgan fingerprint density at radius 3 is 1.23 bits per heavy atom. The molecule has 10 aromatic carbocycles. The van der Waals surface area contributed by atoms with Crippen molar-refractivity contribution in [3.8, 4) is 0 Å². The van der Waals surface area contributed by atoms with Crippen LogP contribution in [-0.4, -0.2) is 141 Å². The van der Waals surface area contributed by atoms with Crippen molar-refractivity contribution in [1.82, 2.24) is 30.1 Å². The van der Waals surface area contributed by atoms with Gasteiger partial charge in [0.15, 0.2) is 0 Å². The monoisotopic (exact) mass is 1870 g/mol. The molecule has 0 bridgehead atoms. The molecule has 0 spiro atoms. The third-order valence-electron chi connectivity index (χ3n) is 21.7. The summed E-state index contributed by atoms with van der Waals surface area (Å²) in [5.41, 5.74) is 17.7. The highest BCUT2D eigenvalue weighted by Gasteiger charge is 2.33. The van der Waals surface area contributed by atoms with E-state index in [1.54, 1.807) is 92.4 Å². The van der Waals surface area contributed by atoms with Gasteiger partial charge in [-0.3, -0.25) is 28.7 Å². The highest BCUT2D eigenvalue weighted by molar-refractivity contribution is 8.00. The van der Waals surface area contributed by atoms with Crippen LogP contribution in [-0.2, 0) is 23.8 Å². The number of nitrogen functional groups attached to an aromatic ring is 1. The third kappa shape index (κ3) is 30.4. The lowest BCUT2D eigenvalue weighted by atomic mass is 10.0. The van der Waals surface area contributed by atoms with Gasteiger partial charge in [0.05, 0.1) is 39.7 Å². The van der Waals surface area contributed by atoms with Gasteiger partial charge in [-0.25, -0.2) is 14.4 Å². The molecular weight excluding hydrogens is 1760 g/mol. The minimum Gasteiger partial charge on any atom is -0.478 e. The Kier molecular flexibility index (Phi) is 35.7. The fraction of sp³-hybridized carbons (Fsp3) is 0.288.